The average molecular weight is 214 g/mol. The zero-order valence-electron chi connectivity index (χ0n) is 8.23. The summed E-state index contributed by atoms with van der Waals surface area (Å²) < 4.78 is 9.72. The van der Waals surface area contributed by atoms with Gasteiger partial charge in [0, 0.05) is 6.61 Å². The maximum absolute atomic E-state index is 9.34. The van der Waals surface area contributed by atoms with Gasteiger partial charge in [0.05, 0.1) is 0 Å². The lowest BCUT2D eigenvalue weighted by Gasteiger charge is -2.18. The first-order valence-electron chi connectivity index (χ1n) is 4.38. The lowest BCUT2D eigenvalue weighted by molar-refractivity contribution is 0.0780. The lowest BCUT2D eigenvalue weighted by atomic mass is 10.2. The molecule has 1 rings (SSSR count). The lowest BCUT2D eigenvalue weighted by Crippen LogP contribution is -2.46. The van der Waals surface area contributed by atoms with Crippen LogP contribution in [0.1, 0.15) is 12.5 Å². The van der Waals surface area contributed by atoms with Crippen molar-refractivity contribution < 1.29 is 18.4 Å². The zero-order chi connectivity index (χ0) is 10.6. The Hall–Kier alpha value is -0.883. The van der Waals surface area contributed by atoms with Gasteiger partial charge in [-0.2, -0.15) is 0 Å². The quantitative estimate of drug-likeness (QED) is 0.729. The minimum absolute atomic E-state index is 0.213. The summed E-state index contributed by atoms with van der Waals surface area (Å²) in [7, 11) is -3.98. The van der Waals surface area contributed by atoms with Gasteiger partial charge in [0.15, 0.2) is 0 Å². The molecule has 4 nitrogen and oxygen atoms in total. The highest BCUT2D eigenvalue weighted by Crippen LogP contribution is 2.18. The monoisotopic (exact) mass is 214 g/mol. The van der Waals surface area contributed by atoms with E-state index in [0.29, 0.717) is 5.75 Å². The molecule has 0 spiro atoms. The van der Waals surface area contributed by atoms with Crippen molar-refractivity contribution in [2.24, 2.45) is 0 Å². The van der Waals surface area contributed by atoms with E-state index in [1.54, 1.807) is 19.1 Å². The molecule has 0 radical (unpaired) electrons. The van der Waals surface area contributed by atoms with E-state index < -0.39 is 9.05 Å². The van der Waals surface area contributed by atoms with Crippen molar-refractivity contribution in [1.82, 2.24) is 0 Å². The molecule has 0 amide bonds. The molecule has 0 aliphatic rings. The van der Waals surface area contributed by atoms with E-state index in [1.165, 1.54) is 0 Å². The first-order chi connectivity index (χ1) is 6.55. The molecule has 0 aromatic heterocycles. The Morgan fingerprint density at radius 3 is 2.50 bits per heavy atom. The van der Waals surface area contributed by atoms with E-state index in [4.69, 9.17) is 8.85 Å². The third kappa shape index (κ3) is 3.11. The van der Waals surface area contributed by atoms with Crippen LogP contribution in [0.3, 0.4) is 0 Å². The number of hydrogen-bond acceptors (Lipinski definition) is 4. The Morgan fingerprint density at radius 2 is 1.93 bits per heavy atom. The standard InChI is InChI=1S/C9H14O4Si/c1-3-12-14(10,11)13-9-7-5-4-6-8(9)2/h4-7,10-11H,3H2,1-2H3. The summed E-state index contributed by atoms with van der Waals surface area (Å²) in [5, 5.41) is 0. The molecular formula is C9H14O4Si. The summed E-state index contributed by atoms with van der Waals surface area (Å²) in [6.45, 7) is 3.71. The van der Waals surface area contributed by atoms with Crippen molar-refractivity contribution in [3.63, 3.8) is 0 Å². The molecule has 0 bridgehead atoms. The maximum Gasteiger partial charge on any atom is 0.744 e. The number of benzene rings is 1. The molecule has 0 saturated carbocycles. The fraction of sp³-hybridized carbons (Fsp3) is 0.333. The molecule has 78 valence electrons. The molecule has 0 saturated heterocycles. The third-order valence-corrected chi connectivity index (χ3v) is 2.82. The van der Waals surface area contributed by atoms with E-state index in [-0.39, 0.29) is 6.61 Å². The fourth-order valence-corrected chi connectivity index (χ4v) is 1.98. The molecule has 0 heterocycles. The SMILES string of the molecule is CCO[Si](O)(O)Oc1ccccc1C. The topological polar surface area (TPSA) is 58.9 Å². The molecule has 1 aromatic rings. The van der Waals surface area contributed by atoms with Crippen LogP contribution in [0.2, 0.25) is 0 Å². The highest BCUT2D eigenvalue weighted by Gasteiger charge is 2.38. The summed E-state index contributed by atoms with van der Waals surface area (Å²) >= 11 is 0. The number of hydrogen-bond donors (Lipinski definition) is 2. The van der Waals surface area contributed by atoms with Crippen molar-refractivity contribution in [3.8, 4) is 5.75 Å². The molecule has 14 heavy (non-hydrogen) atoms. The van der Waals surface area contributed by atoms with Gasteiger partial charge in [-0.3, -0.25) is 0 Å². The largest absolute Gasteiger partial charge is 0.744 e. The Balaban J connectivity index is 2.73. The minimum atomic E-state index is -3.98. The Morgan fingerprint density at radius 1 is 1.29 bits per heavy atom. The number of para-hydroxylation sites is 1. The highest BCUT2D eigenvalue weighted by molar-refractivity contribution is 6.51. The maximum atomic E-state index is 9.34. The van der Waals surface area contributed by atoms with Crippen LogP contribution in [0.25, 0.3) is 0 Å². The van der Waals surface area contributed by atoms with Crippen molar-refractivity contribution in [3.05, 3.63) is 29.8 Å². The first-order valence-corrected chi connectivity index (χ1v) is 6.09. The number of aryl methyl sites for hydroxylation is 1. The van der Waals surface area contributed by atoms with Crippen molar-refractivity contribution in [2.45, 2.75) is 13.8 Å². The molecule has 1 aromatic carbocycles. The van der Waals surface area contributed by atoms with Crippen LogP contribution in [0.15, 0.2) is 24.3 Å². The second-order valence-corrected chi connectivity index (χ2v) is 4.44. The normalized spacial score (nSPS) is 11.4. The van der Waals surface area contributed by atoms with Crippen LogP contribution in [0.5, 0.6) is 5.75 Å². The predicted molar refractivity (Wildman–Crippen MR) is 53.6 cm³/mol. The van der Waals surface area contributed by atoms with Gasteiger partial charge in [0.2, 0.25) is 0 Å². The summed E-state index contributed by atoms with van der Waals surface area (Å²) in [4.78, 5) is 18.7. The summed E-state index contributed by atoms with van der Waals surface area (Å²) in [5.74, 6) is 0.442. The van der Waals surface area contributed by atoms with Gasteiger partial charge in [-0.05, 0) is 25.5 Å². The van der Waals surface area contributed by atoms with Crippen LogP contribution in [-0.2, 0) is 4.43 Å². The molecule has 0 fully saturated rings. The van der Waals surface area contributed by atoms with Crippen LogP contribution in [0.4, 0.5) is 0 Å². The van der Waals surface area contributed by atoms with E-state index >= 15 is 0 Å². The molecule has 0 atom stereocenters. The van der Waals surface area contributed by atoms with Gasteiger partial charge < -0.3 is 18.4 Å². The van der Waals surface area contributed by atoms with Gasteiger partial charge >= 0.3 is 9.05 Å². The van der Waals surface area contributed by atoms with Crippen LogP contribution >= 0.6 is 0 Å². The van der Waals surface area contributed by atoms with Crippen LogP contribution in [0, 0.1) is 6.92 Å². The van der Waals surface area contributed by atoms with Crippen molar-refractivity contribution in [2.75, 3.05) is 6.61 Å². The van der Waals surface area contributed by atoms with E-state index in [1.807, 2.05) is 19.1 Å². The van der Waals surface area contributed by atoms with Crippen LogP contribution in [-0.4, -0.2) is 25.2 Å². The van der Waals surface area contributed by atoms with Gasteiger partial charge in [-0.15, -0.1) is 0 Å². The van der Waals surface area contributed by atoms with E-state index in [0.717, 1.165) is 5.56 Å². The highest BCUT2D eigenvalue weighted by atomic mass is 28.4. The Kier molecular flexibility index (Phi) is 3.65. The molecule has 0 aliphatic heterocycles. The summed E-state index contributed by atoms with van der Waals surface area (Å²) in [6.07, 6.45) is 0. The fourth-order valence-electron chi connectivity index (χ4n) is 1.03. The smallest absolute Gasteiger partial charge is 0.480 e. The Labute approximate surface area is 84.2 Å². The summed E-state index contributed by atoms with van der Waals surface area (Å²) in [5.41, 5.74) is 0.840. The third-order valence-electron chi connectivity index (χ3n) is 1.67. The van der Waals surface area contributed by atoms with E-state index in [2.05, 4.69) is 0 Å². The van der Waals surface area contributed by atoms with Gasteiger partial charge in [0.1, 0.15) is 5.75 Å². The van der Waals surface area contributed by atoms with Gasteiger partial charge in [0.25, 0.3) is 0 Å². The molecule has 2 N–H and O–H groups in total. The molecule has 0 aliphatic carbocycles. The molecule has 5 heteroatoms. The zero-order valence-corrected chi connectivity index (χ0v) is 9.23. The van der Waals surface area contributed by atoms with Crippen LogP contribution < -0.4 is 4.43 Å². The first kappa shape index (κ1) is 11.2. The average Bonchev–Trinajstić information content (AvgIpc) is 2.08. The van der Waals surface area contributed by atoms with Crippen molar-refractivity contribution in [1.29, 1.82) is 0 Å². The van der Waals surface area contributed by atoms with Crippen molar-refractivity contribution >= 4 is 9.05 Å². The van der Waals surface area contributed by atoms with E-state index in [9.17, 15) is 9.59 Å². The second-order valence-electron chi connectivity index (χ2n) is 2.85. The second kappa shape index (κ2) is 4.56. The van der Waals surface area contributed by atoms with Gasteiger partial charge in [-0.25, -0.2) is 0 Å². The number of rotatable bonds is 4. The minimum Gasteiger partial charge on any atom is -0.480 e. The molecular weight excluding hydrogens is 200 g/mol. The van der Waals surface area contributed by atoms with Gasteiger partial charge in [-0.1, -0.05) is 18.2 Å². The summed E-state index contributed by atoms with van der Waals surface area (Å²) in [6, 6.07) is 7.11. The Bertz CT molecular complexity index is 301. The molecule has 0 unspecified atom stereocenters. The predicted octanol–water partition coefficient (Wildman–Crippen LogP) is 0.831.